The Hall–Kier alpha value is -0.530. The number of halogens is 4. The van der Waals surface area contributed by atoms with Gasteiger partial charge in [0.05, 0.1) is 6.04 Å². The summed E-state index contributed by atoms with van der Waals surface area (Å²) in [6.45, 7) is 1.53. The number of amides is 1. The zero-order chi connectivity index (χ0) is 11.8. The van der Waals surface area contributed by atoms with Gasteiger partial charge in [0.25, 0.3) is 0 Å². The molecule has 17 heavy (non-hydrogen) atoms. The number of ether oxygens (including phenoxy) is 1. The molecule has 0 aliphatic carbocycles. The molecule has 2 aliphatic heterocycles. The van der Waals surface area contributed by atoms with E-state index in [0.29, 0.717) is 32.5 Å². The van der Waals surface area contributed by atoms with E-state index in [1.165, 1.54) is 0 Å². The van der Waals surface area contributed by atoms with Crippen molar-refractivity contribution in [3.63, 3.8) is 0 Å². The number of alkyl halides is 3. The minimum Gasteiger partial charge on any atom is -0.370 e. The molecule has 0 saturated carbocycles. The van der Waals surface area contributed by atoms with Crippen LogP contribution in [0.5, 0.6) is 0 Å². The summed E-state index contributed by atoms with van der Waals surface area (Å²) in [5.41, 5.74) is -0.626. The molecule has 2 aliphatic rings. The molecule has 0 aromatic rings. The summed E-state index contributed by atoms with van der Waals surface area (Å²) in [7, 11) is 0. The Kier molecular flexibility index (Phi) is 4.27. The minimum atomic E-state index is -4.82. The lowest BCUT2D eigenvalue weighted by Crippen LogP contribution is -2.72. The van der Waals surface area contributed by atoms with E-state index in [2.05, 4.69) is 5.32 Å². The van der Waals surface area contributed by atoms with Crippen LogP contribution in [0.2, 0.25) is 0 Å². The smallest absolute Gasteiger partial charge is 0.370 e. The number of nitrogens with one attached hydrogen (secondary N) is 2. The quantitative estimate of drug-likeness (QED) is 0.737. The lowest BCUT2D eigenvalue weighted by Gasteiger charge is -2.50. The molecule has 4 nitrogen and oxygen atoms in total. The minimum absolute atomic E-state index is 0. The first-order chi connectivity index (χ1) is 7.44. The zero-order valence-corrected chi connectivity index (χ0v) is 9.79. The Bertz CT molecular complexity index is 294. The van der Waals surface area contributed by atoms with Gasteiger partial charge in [0.1, 0.15) is 5.60 Å². The predicted molar refractivity (Wildman–Crippen MR) is 56.0 cm³/mol. The molecule has 0 bridgehead atoms. The summed E-state index contributed by atoms with van der Waals surface area (Å²) >= 11 is 0. The first-order valence-electron chi connectivity index (χ1n) is 5.16. The van der Waals surface area contributed by atoms with Crippen LogP contribution in [0.4, 0.5) is 13.2 Å². The molecule has 2 fully saturated rings. The summed E-state index contributed by atoms with van der Waals surface area (Å²) in [5, 5.41) is 4.98. The topological polar surface area (TPSA) is 50.4 Å². The lowest BCUT2D eigenvalue weighted by molar-refractivity contribution is -0.181. The first-order valence-corrected chi connectivity index (χ1v) is 5.16. The molecule has 1 atom stereocenters. The summed E-state index contributed by atoms with van der Waals surface area (Å²) in [5.74, 6) is -1.88. The van der Waals surface area contributed by atoms with Gasteiger partial charge in [-0.15, -0.1) is 12.4 Å². The van der Waals surface area contributed by atoms with Crippen LogP contribution in [0.25, 0.3) is 0 Å². The van der Waals surface area contributed by atoms with Crippen molar-refractivity contribution in [3.05, 3.63) is 0 Å². The second-order valence-corrected chi connectivity index (χ2v) is 4.18. The summed E-state index contributed by atoms with van der Waals surface area (Å²) in [4.78, 5) is 10.8. The van der Waals surface area contributed by atoms with E-state index in [4.69, 9.17) is 4.74 Å². The van der Waals surface area contributed by atoms with E-state index in [0.717, 1.165) is 0 Å². The number of carbonyl (C=O) groups is 1. The van der Waals surface area contributed by atoms with E-state index in [9.17, 15) is 18.0 Å². The van der Waals surface area contributed by atoms with Gasteiger partial charge < -0.3 is 15.4 Å². The van der Waals surface area contributed by atoms with Crippen molar-refractivity contribution in [1.29, 1.82) is 0 Å². The van der Waals surface area contributed by atoms with Crippen LogP contribution in [0.15, 0.2) is 0 Å². The van der Waals surface area contributed by atoms with Crippen LogP contribution in [0.3, 0.4) is 0 Å². The van der Waals surface area contributed by atoms with Crippen LogP contribution in [-0.2, 0) is 9.53 Å². The summed E-state index contributed by atoms with van der Waals surface area (Å²) in [6, 6.07) is -0.545. The highest BCUT2D eigenvalue weighted by Gasteiger charge is 2.50. The van der Waals surface area contributed by atoms with Gasteiger partial charge in [-0.2, -0.15) is 13.2 Å². The zero-order valence-electron chi connectivity index (χ0n) is 8.97. The van der Waals surface area contributed by atoms with Gasteiger partial charge >= 0.3 is 12.1 Å². The third kappa shape index (κ3) is 2.83. The maximum atomic E-state index is 12.1. The Labute approximate surface area is 103 Å². The maximum absolute atomic E-state index is 12.1. The molecule has 2 saturated heterocycles. The lowest BCUT2D eigenvalue weighted by atomic mass is 9.83. The van der Waals surface area contributed by atoms with E-state index in [1.54, 1.807) is 0 Å². The summed E-state index contributed by atoms with van der Waals surface area (Å²) in [6.07, 6.45) is -3.62. The van der Waals surface area contributed by atoms with Gasteiger partial charge in [0, 0.05) is 19.7 Å². The fourth-order valence-electron chi connectivity index (χ4n) is 2.09. The van der Waals surface area contributed by atoms with Crippen LogP contribution < -0.4 is 10.6 Å². The standard InChI is InChI=1S/C9H13F3N2O2.ClH/c10-9(11,12)7(15)14-6-2-1-3-16-8(6)4-13-5-8;/h6,13H,1-5H2,(H,14,15);1H. The van der Waals surface area contributed by atoms with Gasteiger partial charge in [-0.1, -0.05) is 0 Å². The molecule has 1 spiro atoms. The molecule has 1 unspecified atom stereocenters. The predicted octanol–water partition coefficient (Wildman–Crippen LogP) is 0.608. The SMILES string of the molecule is Cl.O=C(NC1CCCOC12CNC2)C(F)(F)F. The van der Waals surface area contributed by atoms with Crippen molar-refractivity contribution in [1.82, 2.24) is 10.6 Å². The van der Waals surface area contributed by atoms with E-state index < -0.39 is 23.7 Å². The molecule has 2 N–H and O–H groups in total. The largest absolute Gasteiger partial charge is 0.471 e. The number of carbonyl (C=O) groups excluding carboxylic acids is 1. The normalized spacial score (nSPS) is 26.9. The highest BCUT2D eigenvalue weighted by atomic mass is 35.5. The highest BCUT2D eigenvalue weighted by Crippen LogP contribution is 2.29. The van der Waals surface area contributed by atoms with Gasteiger partial charge in [-0.05, 0) is 12.8 Å². The Morgan fingerprint density at radius 1 is 1.41 bits per heavy atom. The van der Waals surface area contributed by atoms with E-state index in [1.807, 2.05) is 5.32 Å². The van der Waals surface area contributed by atoms with E-state index >= 15 is 0 Å². The fraction of sp³-hybridized carbons (Fsp3) is 0.889. The Balaban J connectivity index is 0.00000144. The van der Waals surface area contributed by atoms with Gasteiger partial charge in [0.15, 0.2) is 0 Å². The molecular weight excluding hydrogens is 261 g/mol. The summed E-state index contributed by atoms with van der Waals surface area (Å²) < 4.78 is 41.8. The van der Waals surface area contributed by atoms with Crippen molar-refractivity contribution in [2.24, 2.45) is 0 Å². The number of hydrogen-bond acceptors (Lipinski definition) is 3. The number of rotatable bonds is 1. The second kappa shape index (κ2) is 4.99. The fourth-order valence-corrected chi connectivity index (χ4v) is 2.09. The Morgan fingerprint density at radius 3 is 2.53 bits per heavy atom. The number of hydrogen-bond donors (Lipinski definition) is 2. The molecule has 0 radical (unpaired) electrons. The molecule has 8 heteroatoms. The highest BCUT2D eigenvalue weighted by molar-refractivity contribution is 5.85. The van der Waals surface area contributed by atoms with Crippen LogP contribution >= 0.6 is 12.4 Å². The second-order valence-electron chi connectivity index (χ2n) is 4.18. The van der Waals surface area contributed by atoms with Crippen molar-refractivity contribution < 1.29 is 22.7 Å². The molecular formula is C9H14ClF3N2O2. The molecule has 2 heterocycles. The molecule has 1 amide bonds. The molecule has 0 aromatic heterocycles. The first kappa shape index (κ1) is 14.5. The average molecular weight is 275 g/mol. The monoisotopic (exact) mass is 274 g/mol. The Morgan fingerprint density at radius 2 is 2.06 bits per heavy atom. The van der Waals surface area contributed by atoms with Crippen LogP contribution in [0.1, 0.15) is 12.8 Å². The van der Waals surface area contributed by atoms with Crippen LogP contribution in [0, 0.1) is 0 Å². The van der Waals surface area contributed by atoms with Crippen molar-refractivity contribution in [3.8, 4) is 0 Å². The third-order valence-electron chi connectivity index (χ3n) is 3.07. The van der Waals surface area contributed by atoms with Crippen molar-refractivity contribution >= 4 is 18.3 Å². The third-order valence-corrected chi connectivity index (χ3v) is 3.07. The average Bonchev–Trinajstić information content (AvgIpc) is 2.14. The van der Waals surface area contributed by atoms with Crippen molar-refractivity contribution in [2.75, 3.05) is 19.7 Å². The molecule has 100 valence electrons. The van der Waals surface area contributed by atoms with Gasteiger partial charge in [-0.25, -0.2) is 0 Å². The van der Waals surface area contributed by atoms with E-state index in [-0.39, 0.29) is 12.4 Å². The van der Waals surface area contributed by atoms with Gasteiger partial charge in [0.2, 0.25) is 0 Å². The van der Waals surface area contributed by atoms with Crippen LogP contribution in [-0.4, -0.2) is 43.4 Å². The maximum Gasteiger partial charge on any atom is 0.471 e. The molecule has 0 aromatic carbocycles. The van der Waals surface area contributed by atoms with Crippen molar-refractivity contribution in [2.45, 2.75) is 30.7 Å². The van der Waals surface area contributed by atoms with Gasteiger partial charge in [-0.3, -0.25) is 4.79 Å². The molecule has 2 rings (SSSR count).